The molecule has 9 heteroatoms. The van der Waals surface area contributed by atoms with Crippen LogP contribution in [-0.2, 0) is 4.79 Å². The molecule has 0 aliphatic rings. The van der Waals surface area contributed by atoms with Crippen molar-refractivity contribution >= 4 is 45.9 Å². The Morgan fingerprint density at radius 1 is 1.15 bits per heavy atom. The van der Waals surface area contributed by atoms with Crippen LogP contribution in [-0.4, -0.2) is 32.9 Å². The summed E-state index contributed by atoms with van der Waals surface area (Å²) in [4.78, 5) is 24.0. The maximum atomic E-state index is 12.2. The largest absolute Gasteiger partial charge is 0.333 e. The summed E-state index contributed by atoms with van der Waals surface area (Å²) in [5, 5.41) is 16.6. The second-order valence-corrected chi connectivity index (χ2v) is 9.82. The van der Waals surface area contributed by atoms with Gasteiger partial charge < -0.3 is 10.6 Å². The molecule has 2 aromatic rings. The van der Waals surface area contributed by atoms with Gasteiger partial charge in [0.25, 0.3) is 0 Å². The number of anilines is 2. The van der Waals surface area contributed by atoms with Crippen LogP contribution < -0.4 is 16.0 Å². The number of thioether (sulfide) groups is 1. The van der Waals surface area contributed by atoms with Gasteiger partial charge in [0, 0.05) is 11.2 Å². The number of carbonyl (C=O) groups is 2. The first-order valence-electron chi connectivity index (χ1n) is 8.51. The highest BCUT2D eigenvalue weighted by atomic mass is 32.2. The average molecular weight is 408 g/mol. The number of imide groups is 1. The lowest BCUT2D eigenvalue weighted by Crippen LogP contribution is -2.49. The highest BCUT2D eigenvalue weighted by Gasteiger charge is 2.21. The Bertz CT molecular complexity index is 829. The standard InChI is InChI=1S/C18H25N5O2S2/c1-10-7-8-13(9-11(10)2)19-16-22-23-17(27-16)26-12(3)14(24)20-15(25)21-18(4,5)6/h7-9,12H,1-6H3,(H,19,22)(H2,20,21,24,25). The molecule has 0 aliphatic heterocycles. The van der Waals surface area contributed by atoms with E-state index in [2.05, 4.69) is 40.0 Å². The number of rotatable bonds is 5. The number of aromatic nitrogens is 2. The minimum absolute atomic E-state index is 0.374. The van der Waals surface area contributed by atoms with E-state index in [1.807, 2.05) is 39.0 Å². The Morgan fingerprint density at radius 3 is 2.48 bits per heavy atom. The maximum Gasteiger partial charge on any atom is 0.321 e. The van der Waals surface area contributed by atoms with E-state index in [0.717, 1.165) is 5.69 Å². The minimum atomic E-state index is -0.505. The molecule has 3 amide bonds. The summed E-state index contributed by atoms with van der Waals surface area (Å²) in [7, 11) is 0. The van der Waals surface area contributed by atoms with E-state index >= 15 is 0 Å². The molecule has 0 saturated heterocycles. The Kier molecular flexibility index (Phi) is 6.83. The lowest BCUT2D eigenvalue weighted by Gasteiger charge is -2.20. The fraction of sp³-hybridized carbons (Fsp3) is 0.444. The van der Waals surface area contributed by atoms with E-state index in [-0.39, 0.29) is 5.91 Å². The van der Waals surface area contributed by atoms with E-state index in [1.54, 1.807) is 6.92 Å². The Balaban J connectivity index is 1.91. The van der Waals surface area contributed by atoms with E-state index in [0.29, 0.717) is 9.47 Å². The van der Waals surface area contributed by atoms with Gasteiger partial charge in [-0.1, -0.05) is 29.2 Å². The fourth-order valence-corrected chi connectivity index (χ4v) is 3.96. The average Bonchev–Trinajstić information content (AvgIpc) is 2.96. The van der Waals surface area contributed by atoms with Crippen molar-refractivity contribution in [2.75, 3.05) is 5.32 Å². The van der Waals surface area contributed by atoms with Crippen LogP contribution in [0.4, 0.5) is 15.6 Å². The molecule has 1 aromatic carbocycles. The summed E-state index contributed by atoms with van der Waals surface area (Å²) >= 11 is 2.62. The van der Waals surface area contributed by atoms with Crippen molar-refractivity contribution in [3.05, 3.63) is 29.3 Å². The van der Waals surface area contributed by atoms with Crippen LogP contribution in [0.2, 0.25) is 0 Å². The van der Waals surface area contributed by atoms with Crippen LogP contribution in [0.25, 0.3) is 0 Å². The number of hydrogen-bond acceptors (Lipinski definition) is 7. The summed E-state index contributed by atoms with van der Waals surface area (Å²) in [6.07, 6.45) is 0. The van der Waals surface area contributed by atoms with Gasteiger partial charge in [-0.05, 0) is 64.8 Å². The van der Waals surface area contributed by atoms with Crippen LogP contribution in [0.1, 0.15) is 38.8 Å². The highest BCUT2D eigenvalue weighted by molar-refractivity contribution is 8.02. The Hall–Kier alpha value is -2.13. The number of nitrogens with zero attached hydrogens (tertiary/aromatic N) is 2. The quantitative estimate of drug-likeness (QED) is 0.648. The van der Waals surface area contributed by atoms with Crippen molar-refractivity contribution in [1.82, 2.24) is 20.8 Å². The molecule has 0 spiro atoms. The van der Waals surface area contributed by atoms with Crippen molar-refractivity contribution in [1.29, 1.82) is 0 Å². The molecule has 146 valence electrons. The summed E-state index contributed by atoms with van der Waals surface area (Å²) in [5.74, 6) is -0.374. The number of benzene rings is 1. The lowest BCUT2D eigenvalue weighted by molar-refractivity contribution is -0.119. The number of urea groups is 1. The molecule has 27 heavy (non-hydrogen) atoms. The van der Waals surface area contributed by atoms with Crippen LogP contribution in [0.3, 0.4) is 0 Å². The zero-order valence-corrected chi connectivity index (χ0v) is 18.0. The second kappa shape index (κ2) is 8.71. The van der Waals surface area contributed by atoms with Gasteiger partial charge >= 0.3 is 6.03 Å². The van der Waals surface area contributed by atoms with Crippen LogP contribution in [0, 0.1) is 13.8 Å². The van der Waals surface area contributed by atoms with Crippen molar-refractivity contribution in [2.24, 2.45) is 0 Å². The fourth-order valence-electron chi connectivity index (χ4n) is 2.04. The number of aryl methyl sites for hydroxylation is 2. The lowest BCUT2D eigenvalue weighted by atomic mass is 10.1. The van der Waals surface area contributed by atoms with Crippen molar-refractivity contribution in [3.63, 3.8) is 0 Å². The minimum Gasteiger partial charge on any atom is -0.333 e. The third kappa shape index (κ3) is 6.84. The molecule has 1 aromatic heterocycles. The number of amides is 3. The summed E-state index contributed by atoms with van der Waals surface area (Å²) in [5.41, 5.74) is 2.95. The van der Waals surface area contributed by atoms with Gasteiger partial charge in [-0.2, -0.15) is 0 Å². The third-order valence-corrected chi connectivity index (χ3v) is 5.56. The second-order valence-electron chi connectivity index (χ2n) is 7.25. The van der Waals surface area contributed by atoms with Gasteiger partial charge in [-0.15, -0.1) is 10.2 Å². The van der Waals surface area contributed by atoms with Gasteiger partial charge in [0.2, 0.25) is 11.0 Å². The smallest absolute Gasteiger partial charge is 0.321 e. The summed E-state index contributed by atoms with van der Waals surface area (Å²) < 4.78 is 0.653. The zero-order valence-electron chi connectivity index (χ0n) is 16.3. The van der Waals surface area contributed by atoms with Gasteiger partial charge in [-0.3, -0.25) is 10.1 Å². The van der Waals surface area contributed by atoms with Gasteiger partial charge in [0.1, 0.15) is 0 Å². The molecule has 1 atom stereocenters. The van der Waals surface area contributed by atoms with E-state index in [9.17, 15) is 9.59 Å². The van der Waals surface area contributed by atoms with E-state index < -0.39 is 16.8 Å². The molecular formula is C18H25N5O2S2. The predicted octanol–water partition coefficient (Wildman–Crippen LogP) is 4.00. The first-order chi connectivity index (χ1) is 12.5. The van der Waals surface area contributed by atoms with Gasteiger partial charge in [0.15, 0.2) is 4.34 Å². The number of hydrogen-bond donors (Lipinski definition) is 3. The SMILES string of the molecule is Cc1ccc(Nc2nnc(SC(C)C(=O)NC(=O)NC(C)(C)C)s2)cc1C. The molecule has 1 unspecified atom stereocenters. The van der Waals surface area contributed by atoms with Gasteiger partial charge in [0.05, 0.1) is 5.25 Å². The molecule has 0 bridgehead atoms. The van der Waals surface area contributed by atoms with Crippen molar-refractivity contribution < 1.29 is 9.59 Å². The highest BCUT2D eigenvalue weighted by Crippen LogP contribution is 2.30. The first kappa shape index (κ1) is 21.2. The third-order valence-electron chi connectivity index (χ3n) is 3.54. The van der Waals surface area contributed by atoms with E-state index in [4.69, 9.17) is 0 Å². The molecular weight excluding hydrogens is 382 g/mol. The maximum absolute atomic E-state index is 12.2. The normalized spacial score (nSPS) is 12.4. The molecule has 0 saturated carbocycles. The number of nitrogens with one attached hydrogen (secondary N) is 3. The molecule has 1 heterocycles. The Morgan fingerprint density at radius 2 is 1.85 bits per heavy atom. The molecule has 0 fully saturated rings. The topological polar surface area (TPSA) is 96.0 Å². The summed E-state index contributed by atoms with van der Waals surface area (Å²) in [6, 6.07) is 5.58. The van der Waals surface area contributed by atoms with Crippen LogP contribution in [0.15, 0.2) is 22.5 Å². The molecule has 7 nitrogen and oxygen atoms in total. The first-order valence-corrected chi connectivity index (χ1v) is 10.2. The molecule has 3 N–H and O–H groups in total. The van der Waals surface area contributed by atoms with E-state index in [1.165, 1.54) is 34.2 Å². The van der Waals surface area contributed by atoms with Crippen molar-refractivity contribution in [3.8, 4) is 0 Å². The molecule has 0 radical (unpaired) electrons. The van der Waals surface area contributed by atoms with Gasteiger partial charge in [-0.25, -0.2) is 4.79 Å². The van der Waals surface area contributed by atoms with Crippen LogP contribution in [0.5, 0.6) is 0 Å². The van der Waals surface area contributed by atoms with Crippen LogP contribution >= 0.6 is 23.1 Å². The molecule has 0 aliphatic carbocycles. The monoisotopic (exact) mass is 407 g/mol. The Labute approximate surface area is 167 Å². The predicted molar refractivity (Wildman–Crippen MR) is 111 cm³/mol. The van der Waals surface area contributed by atoms with Crippen molar-refractivity contribution in [2.45, 2.75) is 56.7 Å². The number of carbonyl (C=O) groups excluding carboxylic acids is 2. The zero-order chi connectivity index (χ0) is 20.2. The molecule has 2 rings (SSSR count). The summed E-state index contributed by atoms with van der Waals surface area (Å²) in [6.45, 7) is 11.4.